The molecule has 6 heteroatoms. The molecule has 0 aliphatic rings. The number of hydrogen-bond donors (Lipinski definition) is 1. The second kappa shape index (κ2) is 7.74. The molecule has 2 rings (SSSR count). The lowest BCUT2D eigenvalue weighted by Crippen LogP contribution is -2.30. The quantitative estimate of drug-likeness (QED) is 0.873. The van der Waals surface area contributed by atoms with E-state index in [-0.39, 0.29) is 5.91 Å². The summed E-state index contributed by atoms with van der Waals surface area (Å²) in [6.07, 6.45) is -0.673. The fraction of sp³-hybridized carbons (Fsp3) is 0.235. The summed E-state index contributed by atoms with van der Waals surface area (Å²) < 4.78 is 15.9. The second-order valence-electron chi connectivity index (χ2n) is 4.80. The van der Waals surface area contributed by atoms with Crippen LogP contribution in [0.3, 0.4) is 0 Å². The van der Waals surface area contributed by atoms with Gasteiger partial charge in [-0.3, -0.25) is 4.79 Å². The molecule has 0 aromatic heterocycles. The van der Waals surface area contributed by atoms with Gasteiger partial charge in [0.15, 0.2) is 6.10 Å². The lowest BCUT2D eigenvalue weighted by Gasteiger charge is -2.15. The first-order valence-corrected chi connectivity index (χ1v) is 7.36. The molecule has 1 unspecified atom stereocenters. The topological polar surface area (TPSA) is 56.8 Å². The van der Waals surface area contributed by atoms with Crippen LogP contribution in [0.1, 0.15) is 6.92 Å². The highest BCUT2D eigenvalue weighted by Crippen LogP contribution is 2.26. The molecule has 0 bridgehead atoms. The number of hydrogen-bond acceptors (Lipinski definition) is 4. The Bertz CT molecular complexity index is 651. The maximum Gasteiger partial charge on any atom is 0.265 e. The highest BCUT2D eigenvalue weighted by atomic mass is 35.5. The number of benzene rings is 2. The normalized spacial score (nSPS) is 11.5. The van der Waals surface area contributed by atoms with E-state index in [1.54, 1.807) is 63.6 Å². The van der Waals surface area contributed by atoms with Crippen LogP contribution < -0.4 is 19.5 Å². The zero-order valence-corrected chi connectivity index (χ0v) is 13.9. The van der Waals surface area contributed by atoms with Gasteiger partial charge in [-0.1, -0.05) is 11.6 Å². The molecule has 0 fully saturated rings. The maximum atomic E-state index is 12.2. The van der Waals surface area contributed by atoms with E-state index in [0.29, 0.717) is 28.0 Å². The van der Waals surface area contributed by atoms with Gasteiger partial charge in [0.25, 0.3) is 5.91 Å². The molecule has 1 amide bonds. The van der Waals surface area contributed by atoms with Crippen molar-refractivity contribution in [3.63, 3.8) is 0 Å². The van der Waals surface area contributed by atoms with Gasteiger partial charge < -0.3 is 19.5 Å². The monoisotopic (exact) mass is 335 g/mol. The fourth-order valence-electron chi connectivity index (χ4n) is 1.89. The minimum absolute atomic E-state index is 0.282. The minimum atomic E-state index is -0.673. The van der Waals surface area contributed by atoms with Gasteiger partial charge in [0.05, 0.1) is 14.2 Å². The lowest BCUT2D eigenvalue weighted by atomic mass is 10.2. The highest BCUT2D eigenvalue weighted by Gasteiger charge is 2.15. The predicted octanol–water partition coefficient (Wildman–Crippen LogP) is 3.76. The van der Waals surface area contributed by atoms with Crippen molar-refractivity contribution in [1.29, 1.82) is 0 Å². The Morgan fingerprint density at radius 1 is 1.00 bits per heavy atom. The van der Waals surface area contributed by atoms with E-state index in [0.717, 1.165) is 0 Å². The Hall–Kier alpha value is -2.40. The molecule has 0 saturated heterocycles. The number of anilines is 1. The van der Waals surface area contributed by atoms with Crippen LogP contribution >= 0.6 is 11.6 Å². The molecule has 0 heterocycles. The molecule has 122 valence electrons. The van der Waals surface area contributed by atoms with Crippen LogP contribution in [-0.4, -0.2) is 26.2 Å². The molecule has 1 atom stereocenters. The molecule has 23 heavy (non-hydrogen) atoms. The molecule has 0 aliphatic heterocycles. The van der Waals surface area contributed by atoms with Crippen LogP contribution in [0.15, 0.2) is 42.5 Å². The van der Waals surface area contributed by atoms with E-state index in [1.165, 1.54) is 0 Å². The molecule has 0 spiro atoms. The third kappa shape index (κ3) is 4.79. The Kier molecular flexibility index (Phi) is 5.71. The first-order valence-electron chi connectivity index (χ1n) is 6.98. The standard InChI is InChI=1S/C17H18ClNO4/c1-11(23-14-6-4-12(18)5-7-14)17(20)19-13-8-15(21-2)10-16(9-13)22-3/h4-11H,1-3H3,(H,19,20). The van der Waals surface area contributed by atoms with Crippen molar-refractivity contribution in [3.05, 3.63) is 47.5 Å². The van der Waals surface area contributed by atoms with Gasteiger partial charge in [-0.05, 0) is 31.2 Å². The first-order chi connectivity index (χ1) is 11.0. The van der Waals surface area contributed by atoms with E-state index in [4.69, 9.17) is 25.8 Å². The van der Waals surface area contributed by atoms with E-state index in [9.17, 15) is 4.79 Å². The van der Waals surface area contributed by atoms with Crippen molar-refractivity contribution in [2.45, 2.75) is 13.0 Å². The van der Waals surface area contributed by atoms with Gasteiger partial charge >= 0.3 is 0 Å². The summed E-state index contributed by atoms with van der Waals surface area (Å²) in [4.78, 5) is 12.2. The van der Waals surface area contributed by atoms with Gasteiger partial charge in [0.2, 0.25) is 0 Å². The van der Waals surface area contributed by atoms with E-state index >= 15 is 0 Å². The van der Waals surface area contributed by atoms with Gasteiger partial charge in [-0.2, -0.15) is 0 Å². The smallest absolute Gasteiger partial charge is 0.265 e. The molecule has 0 radical (unpaired) electrons. The third-order valence-electron chi connectivity index (χ3n) is 3.11. The Morgan fingerprint density at radius 3 is 2.09 bits per heavy atom. The zero-order chi connectivity index (χ0) is 16.8. The number of amides is 1. The number of ether oxygens (including phenoxy) is 3. The molecule has 2 aromatic carbocycles. The fourth-order valence-corrected chi connectivity index (χ4v) is 2.02. The van der Waals surface area contributed by atoms with Crippen molar-refractivity contribution in [3.8, 4) is 17.2 Å². The maximum absolute atomic E-state index is 12.2. The predicted molar refractivity (Wildman–Crippen MR) is 89.7 cm³/mol. The number of nitrogens with one attached hydrogen (secondary N) is 1. The van der Waals surface area contributed by atoms with Crippen LogP contribution in [-0.2, 0) is 4.79 Å². The largest absolute Gasteiger partial charge is 0.497 e. The Balaban J connectivity index is 2.04. The summed E-state index contributed by atoms with van der Waals surface area (Å²) in [5.74, 6) is 1.47. The Labute approximate surface area is 140 Å². The van der Waals surface area contributed by atoms with Crippen LogP contribution in [0.5, 0.6) is 17.2 Å². The molecule has 1 N–H and O–H groups in total. The van der Waals surface area contributed by atoms with Gasteiger partial charge in [0, 0.05) is 28.9 Å². The van der Waals surface area contributed by atoms with Crippen LogP contribution in [0, 0.1) is 0 Å². The second-order valence-corrected chi connectivity index (χ2v) is 5.24. The van der Waals surface area contributed by atoms with E-state index in [1.807, 2.05) is 0 Å². The lowest BCUT2D eigenvalue weighted by molar-refractivity contribution is -0.122. The number of carbonyl (C=O) groups is 1. The van der Waals surface area contributed by atoms with Crippen LogP contribution in [0.4, 0.5) is 5.69 Å². The molecule has 0 saturated carbocycles. The molecule has 5 nitrogen and oxygen atoms in total. The molecular formula is C17H18ClNO4. The number of rotatable bonds is 6. The number of methoxy groups -OCH3 is 2. The minimum Gasteiger partial charge on any atom is -0.497 e. The van der Waals surface area contributed by atoms with Gasteiger partial charge in [0.1, 0.15) is 17.2 Å². The average molecular weight is 336 g/mol. The summed E-state index contributed by atoms with van der Waals surface area (Å²) in [5.41, 5.74) is 0.567. The molecule has 0 aliphatic carbocycles. The summed E-state index contributed by atoms with van der Waals surface area (Å²) in [7, 11) is 3.10. The summed E-state index contributed by atoms with van der Waals surface area (Å²) >= 11 is 5.82. The van der Waals surface area contributed by atoms with E-state index < -0.39 is 6.10 Å². The first kappa shape index (κ1) is 17.0. The third-order valence-corrected chi connectivity index (χ3v) is 3.37. The van der Waals surface area contributed by atoms with Crippen molar-refractivity contribution < 1.29 is 19.0 Å². The average Bonchev–Trinajstić information content (AvgIpc) is 2.56. The zero-order valence-electron chi connectivity index (χ0n) is 13.1. The van der Waals surface area contributed by atoms with Crippen molar-refractivity contribution in [2.75, 3.05) is 19.5 Å². The van der Waals surface area contributed by atoms with Crippen molar-refractivity contribution >= 4 is 23.2 Å². The molecule has 2 aromatic rings. The SMILES string of the molecule is COc1cc(NC(=O)C(C)Oc2ccc(Cl)cc2)cc(OC)c1. The van der Waals surface area contributed by atoms with Crippen LogP contribution in [0.2, 0.25) is 5.02 Å². The van der Waals surface area contributed by atoms with Crippen molar-refractivity contribution in [2.24, 2.45) is 0 Å². The van der Waals surface area contributed by atoms with E-state index in [2.05, 4.69) is 5.32 Å². The van der Waals surface area contributed by atoms with Crippen molar-refractivity contribution in [1.82, 2.24) is 0 Å². The summed E-state index contributed by atoms with van der Waals surface area (Å²) in [6.45, 7) is 1.67. The Morgan fingerprint density at radius 2 is 1.57 bits per heavy atom. The number of carbonyl (C=O) groups excluding carboxylic acids is 1. The van der Waals surface area contributed by atoms with Crippen LogP contribution in [0.25, 0.3) is 0 Å². The molecular weight excluding hydrogens is 318 g/mol. The van der Waals surface area contributed by atoms with Gasteiger partial charge in [-0.25, -0.2) is 0 Å². The highest BCUT2D eigenvalue weighted by molar-refractivity contribution is 6.30. The summed E-state index contributed by atoms with van der Waals surface area (Å²) in [6, 6.07) is 12.0. The summed E-state index contributed by atoms with van der Waals surface area (Å²) in [5, 5.41) is 3.38. The number of halogens is 1. The van der Waals surface area contributed by atoms with Gasteiger partial charge in [-0.15, -0.1) is 0 Å².